The fourth-order valence-electron chi connectivity index (χ4n) is 3.77. The van der Waals surface area contributed by atoms with E-state index in [0.29, 0.717) is 24.2 Å². The summed E-state index contributed by atoms with van der Waals surface area (Å²) in [4.78, 5) is 36.6. The molecule has 1 saturated carbocycles. The molecule has 1 aliphatic carbocycles. The van der Waals surface area contributed by atoms with E-state index in [2.05, 4.69) is 15.3 Å². The number of nitrogens with zero attached hydrogens (tertiary/aromatic N) is 4. The van der Waals surface area contributed by atoms with Gasteiger partial charge in [0.1, 0.15) is 17.3 Å². The van der Waals surface area contributed by atoms with Gasteiger partial charge in [-0.1, -0.05) is 29.8 Å². The van der Waals surface area contributed by atoms with Crippen molar-refractivity contribution < 1.29 is 22.4 Å². The number of amides is 2. The van der Waals surface area contributed by atoms with E-state index in [4.69, 9.17) is 11.6 Å². The molecule has 186 valence electrons. The van der Waals surface area contributed by atoms with Crippen LogP contribution in [-0.4, -0.2) is 66.5 Å². The Morgan fingerprint density at radius 3 is 2.69 bits per heavy atom. The molecule has 35 heavy (non-hydrogen) atoms. The minimum absolute atomic E-state index is 0.0223. The first kappa shape index (κ1) is 25.1. The number of likely N-dealkylation sites (N-methyl/N-ethyl adjacent to an activating group) is 1. The molecule has 2 atom stereocenters. The molecule has 2 heterocycles. The van der Waals surface area contributed by atoms with Gasteiger partial charge < -0.3 is 15.1 Å². The number of carbonyl (C=O) groups is 2. The molecule has 0 radical (unpaired) electrons. The first-order valence-corrected chi connectivity index (χ1v) is 13.0. The van der Waals surface area contributed by atoms with Crippen molar-refractivity contribution in [2.45, 2.75) is 37.1 Å². The fourth-order valence-corrected chi connectivity index (χ4v) is 5.49. The van der Waals surface area contributed by atoms with Crippen LogP contribution in [0.2, 0.25) is 5.02 Å². The van der Waals surface area contributed by atoms with Gasteiger partial charge in [-0.3, -0.25) is 9.59 Å². The molecular formula is C23H25ClFN5O4S. The van der Waals surface area contributed by atoms with Crippen LogP contribution < -0.4 is 10.2 Å². The van der Waals surface area contributed by atoms with Crippen molar-refractivity contribution in [3.8, 4) is 0 Å². The van der Waals surface area contributed by atoms with E-state index in [-0.39, 0.29) is 35.0 Å². The van der Waals surface area contributed by atoms with Crippen LogP contribution in [0.4, 0.5) is 10.2 Å². The average Bonchev–Trinajstić information content (AvgIpc) is 3.68. The minimum atomic E-state index is -3.27. The molecule has 12 heteroatoms. The number of piperazine rings is 1. The van der Waals surface area contributed by atoms with Crippen molar-refractivity contribution in [3.05, 3.63) is 64.2 Å². The Morgan fingerprint density at radius 2 is 2.03 bits per heavy atom. The lowest BCUT2D eigenvalue weighted by atomic mass is 10.0. The average molecular weight is 522 g/mol. The van der Waals surface area contributed by atoms with Gasteiger partial charge in [-0.05, 0) is 31.4 Å². The van der Waals surface area contributed by atoms with E-state index < -0.39 is 33.6 Å². The molecule has 9 nitrogen and oxygen atoms in total. The smallest absolute Gasteiger partial charge is 0.271 e. The summed E-state index contributed by atoms with van der Waals surface area (Å²) in [6, 6.07) is 3.51. The fraction of sp³-hybridized carbons (Fsp3) is 0.391. The molecule has 2 aromatic rings. The third-order valence-electron chi connectivity index (χ3n) is 5.96. The molecule has 2 fully saturated rings. The highest BCUT2D eigenvalue weighted by Gasteiger charge is 2.35. The molecule has 2 amide bonds. The number of nitrogens with one attached hydrogen (secondary N) is 1. The molecule has 1 aromatic carbocycles. The molecule has 1 aliphatic heterocycles. The number of anilines is 1. The van der Waals surface area contributed by atoms with Gasteiger partial charge in [-0.2, -0.15) is 0 Å². The first-order chi connectivity index (χ1) is 16.6. The molecule has 4 rings (SSSR count). The number of halogens is 2. The number of benzene rings is 1. The van der Waals surface area contributed by atoms with Gasteiger partial charge in [-0.25, -0.2) is 22.8 Å². The van der Waals surface area contributed by atoms with Crippen molar-refractivity contribution >= 4 is 39.1 Å². The monoisotopic (exact) mass is 521 g/mol. The van der Waals surface area contributed by atoms with Gasteiger partial charge >= 0.3 is 0 Å². The Balaban J connectivity index is 1.50. The quantitative estimate of drug-likeness (QED) is 0.595. The number of carbonyl (C=O) groups excluding carboxylic acids is 2. The van der Waals surface area contributed by atoms with E-state index in [1.54, 1.807) is 31.0 Å². The lowest BCUT2D eigenvalue weighted by Gasteiger charge is -2.40. The number of hydrogen-bond acceptors (Lipinski definition) is 7. The highest BCUT2D eigenvalue weighted by molar-refractivity contribution is 7.95. The van der Waals surface area contributed by atoms with Crippen molar-refractivity contribution in [1.29, 1.82) is 0 Å². The number of rotatable bonds is 7. The molecule has 1 aromatic heterocycles. The van der Waals surface area contributed by atoms with E-state index in [9.17, 15) is 22.4 Å². The molecule has 0 spiro atoms. The van der Waals surface area contributed by atoms with Crippen LogP contribution in [0.1, 0.15) is 41.9 Å². The zero-order chi connectivity index (χ0) is 25.3. The second kappa shape index (κ2) is 9.90. The summed E-state index contributed by atoms with van der Waals surface area (Å²) in [6.07, 6.45) is 5.40. The normalized spacial score (nSPS) is 19.8. The van der Waals surface area contributed by atoms with Crippen LogP contribution in [0.25, 0.3) is 0 Å². The maximum Gasteiger partial charge on any atom is 0.271 e. The van der Waals surface area contributed by atoms with Crippen molar-refractivity contribution in [2.75, 3.05) is 25.0 Å². The predicted molar refractivity (Wildman–Crippen MR) is 129 cm³/mol. The molecule has 0 bridgehead atoms. The number of sulfone groups is 1. The third-order valence-corrected chi connectivity index (χ3v) is 8.30. The van der Waals surface area contributed by atoms with Crippen LogP contribution >= 0.6 is 11.6 Å². The second-order valence-corrected chi connectivity index (χ2v) is 11.2. The van der Waals surface area contributed by atoms with E-state index in [1.165, 1.54) is 29.4 Å². The van der Waals surface area contributed by atoms with Crippen LogP contribution in [-0.2, 0) is 14.6 Å². The lowest BCUT2D eigenvalue weighted by molar-refractivity contribution is -0.130. The molecule has 1 saturated heterocycles. The Kier molecular flexibility index (Phi) is 7.09. The minimum Gasteiger partial charge on any atom is -0.345 e. The molecule has 1 N–H and O–H groups in total. The van der Waals surface area contributed by atoms with E-state index in [1.807, 2.05) is 0 Å². The SMILES string of the molecule is C[C@H](/C=C/S(=O)(=O)C1CC1)NC(=O)c1cnc(N2CC(=O)N(C)CC2c2cccc(F)c2Cl)cn1. The highest BCUT2D eigenvalue weighted by Crippen LogP contribution is 2.34. The number of hydrogen-bond donors (Lipinski definition) is 1. The molecule has 2 aliphatic rings. The summed E-state index contributed by atoms with van der Waals surface area (Å²) >= 11 is 6.22. The number of aromatic nitrogens is 2. The second-order valence-electron chi connectivity index (χ2n) is 8.70. The maximum absolute atomic E-state index is 14.1. The van der Waals surface area contributed by atoms with E-state index >= 15 is 0 Å². The van der Waals surface area contributed by atoms with Crippen molar-refractivity contribution in [1.82, 2.24) is 20.2 Å². The van der Waals surface area contributed by atoms with E-state index in [0.717, 1.165) is 5.41 Å². The summed E-state index contributed by atoms with van der Waals surface area (Å²) in [5.74, 6) is -0.907. The first-order valence-electron chi connectivity index (χ1n) is 11.1. The zero-order valence-corrected chi connectivity index (χ0v) is 20.8. The van der Waals surface area contributed by atoms with Gasteiger partial charge in [0.05, 0.1) is 35.3 Å². The Morgan fingerprint density at radius 1 is 1.29 bits per heavy atom. The highest BCUT2D eigenvalue weighted by atomic mass is 35.5. The van der Waals surface area contributed by atoms with Crippen molar-refractivity contribution in [3.63, 3.8) is 0 Å². The Bertz CT molecular complexity index is 1270. The lowest BCUT2D eigenvalue weighted by Crippen LogP contribution is -2.51. The van der Waals surface area contributed by atoms with Gasteiger partial charge in [0.25, 0.3) is 5.91 Å². The van der Waals surface area contributed by atoms with Crippen LogP contribution in [0.5, 0.6) is 0 Å². The molecular weight excluding hydrogens is 497 g/mol. The standard InChI is InChI=1S/C23H25ClFN5O4S/c1-14(8-9-35(33,34)15-6-7-15)28-23(32)18-10-27-20(11-26-18)30-13-21(31)29(2)12-19(30)16-4-3-5-17(25)22(16)24/h3-5,8-11,14-15,19H,6-7,12-13H2,1-2H3,(H,28,32)/b9-8+/t14-,19?/m1/s1. The molecule has 1 unspecified atom stereocenters. The van der Waals surface area contributed by atoms with Crippen molar-refractivity contribution in [2.24, 2.45) is 0 Å². The third kappa shape index (κ3) is 5.62. The van der Waals surface area contributed by atoms with Gasteiger partial charge in [-0.15, -0.1) is 0 Å². The largest absolute Gasteiger partial charge is 0.345 e. The van der Waals surface area contributed by atoms with Gasteiger partial charge in [0, 0.05) is 25.0 Å². The van der Waals surface area contributed by atoms with Gasteiger partial charge in [0.15, 0.2) is 9.84 Å². The van der Waals surface area contributed by atoms with Crippen LogP contribution in [0, 0.1) is 5.82 Å². The Labute approximate surface area is 207 Å². The van der Waals surface area contributed by atoms with Crippen LogP contribution in [0.15, 0.2) is 42.1 Å². The summed E-state index contributed by atoms with van der Waals surface area (Å²) in [5, 5.41) is 3.47. The van der Waals surface area contributed by atoms with Crippen LogP contribution in [0.3, 0.4) is 0 Å². The zero-order valence-electron chi connectivity index (χ0n) is 19.2. The summed E-state index contributed by atoms with van der Waals surface area (Å²) in [5.41, 5.74) is 0.538. The summed E-state index contributed by atoms with van der Waals surface area (Å²) in [7, 11) is -1.62. The Hall–Kier alpha value is -3.05. The van der Waals surface area contributed by atoms with Gasteiger partial charge in [0.2, 0.25) is 5.91 Å². The maximum atomic E-state index is 14.1. The predicted octanol–water partition coefficient (Wildman–Crippen LogP) is 2.50. The topological polar surface area (TPSA) is 113 Å². The summed E-state index contributed by atoms with van der Waals surface area (Å²) in [6.45, 7) is 1.90. The summed E-state index contributed by atoms with van der Waals surface area (Å²) < 4.78 is 38.0.